The molecule has 0 spiro atoms. The summed E-state index contributed by atoms with van der Waals surface area (Å²) in [6, 6.07) is 47.1. The van der Waals surface area contributed by atoms with Crippen LogP contribution in [0.25, 0.3) is 36.8 Å². The Labute approximate surface area is 316 Å². The number of allylic oxidation sites excluding steroid dienone is 9. The van der Waals surface area contributed by atoms with Crippen LogP contribution in [0.4, 0.5) is 17.3 Å². The minimum atomic E-state index is -6.00. The first-order chi connectivity index (χ1) is 25.2. The molecule has 4 aromatic carbocycles. The van der Waals surface area contributed by atoms with Gasteiger partial charge in [0, 0.05) is 38.1 Å². The standard InChI is InChI=1S/C44H34ClS2.BF4/c45-44-38(26-24-32-28-40(34-14-5-1-6-15-34)46-41(29-32)35-16-7-2-8-17-35)22-13-23-39(44)27-25-33-30-42(36-18-9-3-10-19-36)47-43(31-33)37-20-11-4-12-21-37;2-1(3,4)5/h1-12,14-21,24-31H,13,22-23H2;/q+1;-1. The molecule has 0 nitrogen and oxygen atoms in total. The van der Waals surface area contributed by atoms with E-state index in [0.717, 1.165) is 24.3 Å². The molecule has 52 heavy (non-hydrogen) atoms. The number of thioether (sulfide) groups is 1. The number of benzene rings is 4. The third-order valence-corrected chi connectivity index (χ3v) is 11.1. The van der Waals surface area contributed by atoms with Crippen LogP contribution in [0, 0.1) is 0 Å². The number of halogens is 5. The van der Waals surface area contributed by atoms with Crippen LogP contribution in [0.15, 0.2) is 186 Å². The van der Waals surface area contributed by atoms with Gasteiger partial charge in [0.15, 0.2) is 0 Å². The van der Waals surface area contributed by atoms with Gasteiger partial charge in [-0.15, -0.1) is 0 Å². The lowest BCUT2D eigenvalue weighted by atomic mass is 9.93. The summed E-state index contributed by atoms with van der Waals surface area (Å²) >= 11 is 10.8. The molecule has 5 aromatic rings. The highest BCUT2D eigenvalue weighted by Gasteiger charge is 2.21. The lowest BCUT2D eigenvalue weighted by molar-refractivity contribution is 0.368. The highest BCUT2D eigenvalue weighted by atomic mass is 35.5. The van der Waals surface area contributed by atoms with Crippen molar-refractivity contribution in [1.82, 2.24) is 0 Å². The topological polar surface area (TPSA) is 0 Å². The molecule has 0 radical (unpaired) electrons. The van der Waals surface area contributed by atoms with E-state index in [1.165, 1.54) is 64.1 Å². The SMILES string of the molecule is ClC1=C(/C=C/c2cc(-c3ccccc3)[s+]c(-c3ccccc3)c2)CCC/C1=C/C=C1C=C(c2ccccc2)SC(c2ccccc2)=C1.F[B-](F)(F)F. The molecule has 0 N–H and O–H groups in total. The molecule has 1 aliphatic carbocycles. The van der Waals surface area contributed by atoms with Crippen molar-refractivity contribution in [2.45, 2.75) is 19.3 Å². The molecule has 2 heterocycles. The Kier molecular flexibility index (Phi) is 12.6. The Morgan fingerprint density at radius 1 is 0.577 bits per heavy atom. The molecule has 7 rings (SSSR count). The molecule has 0 saturated heterocycles. The molecule has 0 bridgehead atoms. The number of hydrogen-bond donors (Lipinski definition) is 0. The van der Waals surface area contributed by atoms with Gasteiger partial charge < -0.3 is 17.3 Å². The van der Waals surface area contributed by atoms with Gasteiger partial charge in [0.05, 0.1) is 0 Å². The van der Waals surface area contributed by atoms with E-state index in [4.69, 9.17) is 11.6 Å². The van der Waals surface area contributed by atoms with Crippen LogP contribution in [0.5, 0.6) is 0 Å². The number of hydrogen-bond acceptors (Lipinski definition) is 1. The Hall–Kier alpha value is -4.69. The van der Waals surface area contributed by atoms with E-state index < -0.39 is 7.25 Å². The Morgan fingerprint density at radius 3 is 1.48 bits per heavy atom. The molecule has 0 saturated carbocycles. The van der Waals surface area contributed by atoms with Crippen molar-refractivity contribution in [3.63, 3.8) is 0 Å². The maximum absolute atomic E-state index is 9.75. The van der Waals surface area contributed by atoms with Crippen molar-refractivity contribution in [2.75, 3.05) is 0 Å². The van der Waals surface area contributed by atoms with Crippen molar-refractivity contribution in [2.24, 2.45) is 0 Å². The Morgan fingerprint density at radius 2 is 1.02 bits per heavy atom. The molecule has 0 unspecified atom stereocenters. The van der Waals surface area contributed by atoms with E-state index in [0.29, 0.717) is 0 Å². The fraction of sp³-hybridized carbons (Fsp3) is 0.0682. The maximum Gasteiger partial charge on any atom is 0.673 e. The van der Waals surface area contributed by atoms with Crippen molar-refractivity contribution >= 4 is 57.8 Å². The van der Waals surface area contributed by atoms with Crippen LogP contribution < -0.4 is 0 Å². The predicted octanol–water partition coefficient (Wildman–Crippen LogP) is 15.0. The van der Waals surface area contributed by atoms with Gasteiger partial charge >= 0.3 is 7.25 Å². The van der Waals surface area contributed by atoms with E-state index >= 15 is 0 Å². The molecule has 0 fully saturated rings. The van der Waals surface area contributed by atoms with Gasteiger partial charge in [0.2, 0.25) is 21.1 Å². The van der Waals surface area contributed by atoms with Gasteiger partial charge in [-0.1, -0.05) is 145 Å². The predicted molar refractivity (Wildman–Crippen MR) is 218 cm³/mol. The fourth-order valence-electron chi connectivity index (χ4n) is 5.82. The molecular weight excluding hydrogens is 715 g/mol. The average molecular weight is 749 g/mol. The van der Waals surface area contributed by atoms with Crippen LogP contribution in [0.3, 0.4) is 0 Å². The molecule has 8 heteroatoms. The summed E-state index contributed by atoms with van der Waals surface area (Å²) in [5, 5.41) is 0.874. The van der Waals surface area contributed by atoms with Crippen LogP contribution >= 0.6 is 34.7 Å². The number of rotatable bonds is 7. The summed E-state index contributed by atoms with van der Waals surface area (Å²) < 4.78 is 39.0. The quantitative estimate of drug-likeness (QED) is 0.0907. The maximum atomic E-state index is 9.75. The van der Waals surface area contributed by atoms with E-state index in [-0.39, 0.29) is 0 Å². The van der Waals surface area contributed by atoms with Gasteiger partial charge in [-0.05, 0) is 89.1 Å². The van der Waals surface area contributed by atoms with E-state index in [1.54, 1.807) is 0 Å². The van der Waals surface area contributed by atoms with Gasteiger partial charge in [-0.3, -0.25) is 0 Å². The first-order valence-corrected chi connectivity index (χ1v) is 18.9. The largest absolute Gasteiger partial charge is 0.673 e. The average Bonchev–Trinajstić information content (AvgIpc) is 3.17. The monoisotopic (exact) mass is 748 g/mol. The zero-order valence-electron chi connectivity index (χ0n) is 28.1. The minimum Gasteiger partial charge on any atom is -0.418 e. The molecule has 1 aliphatic heterocycles. The van der Waals surface area contributed by atoms with Crippen molar-refractivity contribution in [3.05, 3.63) is 202 Å². The third kappa shape index (κ3) is 10.7. The Bertz CT molecular complexity index is 2050. The normalized spacial score (nSPS) is 15.6. The molecule has 260 valence electrons. The second kappa shape index (κ2) is 17.7. The van der Waals surface area contributed by atoms with E-state index in [9.17, 15) is 17.3 Å². The van der Waals surface area contributed by atoms with Crippen LogP contribution in [-0.4, -0.2) is 7.25 Å². The summed E-state index contributed by atoms with van der Waals surface area (Å²) in [7, 11) is -6.00. The van der Waals surface area contributed by atoms with Crippen molar-refractivity contribution < 1.29 is 17.3 Å². The summed E-state index contributed by atoms with van der Waals surface area (Å²) in [6.45, 7) is 0. The first kappa shape index (κ1) is 37.1. The highest BCUT2D eigenvalue weighted by Crippen LogP contribution is 2.44. The third-order valence-electron chi connectivity index (χ3n) is 8.27. The molecule has 0 amide bonds. The van der Waals surface area contributed by atoms with Crippen LogP contribution in [-0.2, 0) is 0 Å². The highest BCUT2D eigenvalue weighted by molar-refractivity contribution is 8.16. The Balaban J connectivity index is 0.000000870. The summed E-state index contributed by atoms with van der Waals surface area (Å²) in [4.78, 5) is 5.00. The summed E-state index contributed by atoms with van der Waals surface area (Å²) in [5.74, 6) is 0. The minimum absolute atomic E-state index is 0.874. The lowest BCUT2D eigenvalue weighted by Crippen LogP contribution is -2.02. The van der Waals surface area contributed by atoms with E-state index in [1.807, 2.05) is 23.1 Å². The molecular formula is C44H34BClF4S2. The molecule has 0 atom stereocenters. The zero-order chi connectivity index (χ0) is 36.3. The van der Waals surface area contributed by atoms with Gasteiger partial charge in [-0.2, -0.15) is 0 Å². The second-order valence-corrected chi connectivity index (χ2v) is 14.6. The van der Waals surface area contributed by atoms with E-state index in [2.05, 4.69) is 170 Å². The fourth-order valence-corrected chi connectivity index (χ4v) is 8.40. The smallest absolute Gasteiger partial charge is 0.418 e. The molecule has 1 aromatic heterocycles. The van der Waals surface area contributed by atoms with Crippen LogP contribution in [0.2, 0.25) is 0 Å². The first-order valence-electron chi connectivity index (χ1n) is 16.9. The lowest BCUT2D eigenvalue weighted by Gasteiger charge is -2.18. The van der Waals surface area contributed by atoms with Gasteiger partial charge in [0.1, 0.15) is 0 Å². The van der Waals surface area contributed by atoms with Crippen LogP contribution in [0.1, 0.15) is 36.0 Å². The second-order valence-electron chi connectivity index (χ2n) is 12.1. The van der Waals surface area contributed by atoms with Crippen molar-refractivity contribution in [3.8, 4) is 20.9 Å². The van der Waals surface area contributed by atoms with Gasteiger partial charge in [-0.25, -0.2) is 0 Å². The molecule has 2 aliphatic rings. The summed E-state index contributed by atoms with van der Waals surface area (Å²) in [5.41, 5.74) is 9.65. The zero-order valence-corrected chi connectivity index (χ0v) is 30.5. The van der Waals surface area contributed by atoms with Gasteiger partial charge in [0.25, 0.3) is 0 Å². The summed E-state index contributed by atoms with van der Waals surface area (Å²) in [6.07, 6.45) is 16.5. The van der Waals surface area contributed by atoms with Crippen molar-refractivity contribution in [1.29, 1.82) is 0 Å².